The third-order valence-electron chi connectivity index (χ3n) is 3.93. The van der Waals surface area contributed by atoms with Crippen molar-refractivity contribution in [2.24, 2.45) is 10.7 Å². The van der Waals surface area contributed by atoms with Crippen molar-refractivity contribution in [2.45, 2.75) is 6.54 Å². The first-order valence-electron chi connectivity index (χ1n) is 7.68. The van der Waals surface area contributed by atoms with Crippen LogP contribution in [0.15, 0.2) is 53.7 Å². The molecule has 2 aromatic rings. The number of nitrogens with two attached hydrogens (primary N) is 1. The molecular weight excluding hydrogens is 293 g/mol. The van der Waals surface area contributed by atoms with E-state index in [0.29, 0.717) is 18.2 Å². The SMILES string of the molecule is NC(=NCc1ccccn1)N1CCN(c2ccccc2F)CC1. The summed E-state index contributed by atoms with van der Waals surface area (Å²) in [5, 5.41) is 0. The summed E-state index contributed by atoms with van der Waals surface area (Å²) < 4.78 is 13.8. The fraction of sp³-hybridized carbons (Fsp3) is 0.294. The van der Waals surface area contributed by atoms with Crippen molar-refractivity contribution >= 4 is 11.6 Å². The van der Waals surface area contributed by atoms with Crippen molar-refractivity contribution < 1.29 is 4.39 Å². The van der Waals surface area contributed by atoms with Gasteiger partial charge in [-0.3, -0.25) is 4.98 Å². The van der Waals surface area contributed by atoms with Gasteiger partial charge in [0, 0.05) is 32.4 Å². The van der Waals surface area contributed by atoms with Gasteiger partial charge in [-0.25, -0.2) is 9.38 Å². The van der Waals surface area contributed by atoms with E-state index in [9.17, 15) is 4.39 Å². The van der Waals surface area contributed by atoms with Crippen LogP contribution in [0, 0.1) is 5.82 Å². The number of guanidine groups is 1. The van der Waals surface area contributed by atoms with Crippen molar-refractivity contribution in [3.05, 3.63) is 60.2 Å². The largest absolute Gasteiger partial charge is 0.370 e. The molecule has 0 bridgehead atoms. The van der Waals surface area contributed by atoms with E-state index in [1.54, 1.807) is 12.3 Å². The molecule has 2 heterocycles. The molecule has 0 aliphatic carbocycles. The van der Waals surface area contributed by atoms with Crippen molar-refractivity contribution in [1.82, 2.24) is 9.88 Å². The Kier molecular flexibility index (Phi) is 4.71. The normalized spacial score (nSPS) is 15.8. The number of aromatic nitrogens is 1. The molecule has 0 spiro atoms. The van der Waals surface area contributed by atoms with Gasteiger partial charge in [-0.05, 0) is 24.3 Å². The smallest absolute Gasteiger partial charge is 0.191 e. The molecule has 1 aromatic heterocycles. The Morgan fingerprint density at radius 3 is 2.52 bits per heavy atom. The van der Waals surface area contributed by atoms with E-state index in [0.717, 1.165) is 31.9 Å². The van der Waals surface area contributed by atoms with Crippen LogP contribution in [0.2, 0.25) is 0 Å². The van der Waals surface area contributed by atoms with Crippen molar-refractivity contribution in [1.29, 1.82) is 0 Å². The lowest BCUT2D eigenvalue weighted by Crippen LogP contribution is -2.51. The Morgan fingerprint density at radius 2 is 1.83 bits per heavy atom. The van der Waals surface area contributed by atoms with Crippen LogP contribution in [-0.2, 0) is 6.54 Å². The summed E-state index contributed by atoms with van der Waals surface area (Å²) in [5.74, 6) is 0.335. The summed E-state index contributed by atoms with van der Waals surface area (Å²) in [4.78, 5) is 12.7. The van der Waals surface area contributed by atoms with E-state index in [2.05, 4.69) is 9.98 Å². The Morgan fingerprint density at radius 1 is 1.09 bits per heavy atom. The maximum atomic E-state index is 13.8. The van der Waals surface area contributed by atoms with Gasteiger partial charge in [0.05, 0.1) is 17.9 Å². The lowest BCUT2D eigenvalue weighted by molar-refractivity contribution is 0.378. The fourth-order valence-corrected chi connectivity index (χ4v) is 2.64. The zero-order chi connectivity index (χ0) is 16.1. The van der Waals surface area contributed by atoms with Crippen LogP contribution in [0.5, 0.6) is 0 Å². The van der Waals surface area contributed by atoms with Crippen LogP contribution < -0.4 is 10.6 Å². The number of anilines is 1. The van der Waals surface area contributed by atoms with Crippen molar-refractivity contribution in [3.63, 3.8) is 0 Å². The van der Waals surface area contributed by atoms with Gasteiger partial charge in [0.1, 0.15) is 5.82 Å². The lowest BCUT2D eigenvalue weighted by atomic mass is 10.2. The Labute approximate surface area is 135 Å². The molecule has 0 unspecified atom stereocenters. The molecule has 3 rings (SSSR count). The lowest BCUT2D eigenvalue weighted by Gasteiger charge is -2.36. The molecule has 2 N–H and O–H groups in total. The van der Waals surface area contributed by atoms with E-state index < -0.39 is 0 Å². The number of rotatable bonds is 3. The molecule has 23 heavy (non-hydrogen) atoms. The highest BCUT2D eigenvalue weighted by atomic mass is 19.1. The number of aliphatic imine (C=N–C) groups is 1. The number of nitrogens with zero attached hydrogens (tertiary/aromatic N) is 4. The molecule has 1 fully saturated rings. The number of halogens is 1. The Balaban J connectivity index is 1.57. The van der Waals surface area contributed by atoms with Crippen LogP contribution in [0.3, 0.4) is 0 Å². The second kappa shape index (κ2) is 7.09. The molecule has 1 aliphatic heterocycles. The van der Waals surface area contributed by atoms with Gasteiger partial charge in [0.25, 0.3) is 0 Å². The van der Waals surface area contributed by atoms with Gasteiger partial charge in [0.2, 0.25) is 0 Å². The highest BCUT2D eigenvalue weighted by molar-refractivity contribution is 5.78. The molecule has 1 saturated heterocycles. The molecule has 1 aliphatic rings. The van der Waals surface area contributed by atoms with Crippen molar-refractivity contribution in [3.8, 4) is 0 Å². The summed E-state index contributed by atoms with van der Waals surface area (Å²) in [6.07, 6.45) is 1.74. The summed E-state index contributed by atoms with van der Waals surface area (Å²) >= 11 is 0. The van der Waals surface area contributed by atoms with Gasteiger partial charge < -0.3 is 15.5 Å². The van der Waals surface area contributed by atoms with E-state index in [1.165, 1.54) is 6.07 Å². The molecule has 120 valence electrons. The van der Waals surface area contributed by atoms with Gasteiger partial charge in [-0.15, -0.1) is 0 Å². The highest BCUT2D eigenvalue weighted by Gasteiger charge is 2.20. The monoisotopic (exact) mass is 313 g/mol. The summed E-state index contributed by atoms with van der Waals surface area (Å²) in [6, 6.07) is 12.6. The Hall–Kier alpha value is -2.63. The number of pyridine rings is 1. The maximum absolute atomic E-state index is 13.8. The third-order valence-corrected chi connectivity index (χ3v) is 3.93. The van der Waals surface area contributed by atoms with Crippen LogP contribution in [0.25, 0.3) is 0 Å². The highest BCUT2D eigenvalue weighted by Crippen LogP contribution is 2.20. The summed E-state index contributed by atoms with van der Waals surface area (Å²) in [7, 11) is 0. The van der Waals surface area contributed by atoms with E-state index in [1.807, 2.05) is 40.1 Å². The number of benzene rings is 1. The summed E-state index contributed by atoms with van der Waals surface area (Å²) in [5.41, 5.74) is 7.60. The average molecular weight is 313 g/mol. The molecule has 6 heteroatoms. The summed E-state index contributed by atoms with van der Waals surface area (Å²) in [6.45, 7) is 3.37. The van der Waals surface area contributed by atoms with E-state index >= 15 is 0 Å². The topological polar surface area (TPSA) is 57.8 Å². The van der Waals surface area contributed by atoms with Crippen molar-refractivity contribution in [2.75, 3.05) is 31.1 Å². The molecule has 0 amide bonds. The van der Waals surface area contributed by atoms with Gasteiger partial charge in [0.15, 0.2) is 5.96 Å². The molecule has 0 saturated carbocycles. The number of hydrogen-bond acceptors (Lipinski definition) is 3. The first-order valence-corrected chi connectivity index (χ1v) is 7.68. The van der Waals surface area contributed by atoms with Crippen LogP contribution in [-0.4, -0.2) is 42.0 Å². The second-order valence-corrected chi connectivity index (χ2v) is 5.42. The third kappa shape index (κ3) is 3.77. The predicted molar refractivity (Wildman–Crippen MR) is 89.7 cm³/mol. The molecule has 5 nitrogen and oxygen atoms in total. The Bertz CT molecular complexity index is 666. The molecular formula is C17H20FN5. The van der Waals surface area contributed by atoms with E-state index in [4.69, 9.17) is 5.73 Å². The maximum Gasteiger partial charge on any atom is 0.191 e. The van der Waals surface area contributed by atoms with Crippen LogP contribution in [0.1, 0.15) is 5.69 Å². The minimum atomic E-state index is -0.183. The minimum Gasteiger partial charge on any atom is -0.370 e. The molecule has 0 radical (unpaired) electrons. The van der Waals surface area contributed by atoms with Gasteiger partial charge in [-0.1, -0.05) is 18.2 Å². The first kappa shape index (κ1) is 15.3. The molecule has 1 aromatic carbocycles. The predicted octanol–water partition coefficient (Wildman–Crippen LogP) is 1.86. The fourth-order valence-electron chi connectivity index (χ4n) is 2.64. The van der Waals surface area contributed by atoms with E-state index in [-0.39, 0.29) is 5.82 Å². The number of para-hydroxylation sites is 1. The zero-order valence-electron chi connectivity index (χ0n) is 12.9. The number of hydrogen-bond donors (Lipinski definition) is 1. The van der Waals surface area contributed by atoms with Gasteiger partial charge >= 0.3 is 0 Å². The number of piperazine rings is 1. The van der Waals surface area contributed by atoms with Crippen LogP contribution >= 0.6 is 0 Å². The molecule has 0 atom stereocenters. The average Bonchev–Trinajstić information content (AvgIpc) is 2.61. The quantitative estimate of drug-likeness (QED) is 0.694. The second-order valence-electron chi connectivity index (χ2n) is 5.42. The first-order chi connectivity index (χ1) is 11.2. The zero-order valence-corrected chi connectivity index (χ0v) is 12.9. The van der Waals surface area contributed by atoms with Gasteiger partial charge in [-0.2, -0.15) is 0 Å². The van der Waals surface area contributed by atoms with Crippen LogP contribution in [0.4, 0.5) is 10.1 Å². The minimum absolute atomic E-state index is 0.183. The standard InChI is InChI=1S/C17H20FN5/c18-15-6-1-2-7-16(15)22-9-11-23(12-10-22)17(19)21-13-14-5-3-4-8-20-14/h1-8H,9-13H2,(H2,19,21).